The van der Waals surface area contributed by atoms with Gasteiger partial charge in [-0.3, -0.25) is 0 Å². The molecule has 0 saturated carbocycles. The van der Waals surface area contributed by atoms with E-state index in [2.05, 4.69) is 15.9 Å². The molecule has 5 heteroatoms. The summed E-state index contributed by atoms with van der Waals surface area (Å²) >= 11 is 2.92. The number of hydrogen-bond donors (Lipinski definition) is 2. The zero-order valence-corrected chi connectivity index (χ0v) is 8.35. The molecule has 3 N–H and O–H groups in total. The Morgan fingerprint density at radius 1 is 1.69 bits per heavy atom. The van der Waals surface area contributed by atoms with Crippen molar-refractivity contribution in [1.29, 1.82) is 0 Å². The van der Waals surface area contributed by atoms with Crippen LogP contribution < -0.4 is 5.73 Å². The molecule has 13 heavy (non-hydrogen) atoms. The van der Waals surface area contributed by atoms with Crippen LogP contribution in [0.15, 0.2) is 10.5 Å². The summed E-state index contributed by atoms with van der Waals surface area (Å²) in [5.41, 5.74) is 5.47. The van der Waals surface area contributed by atoms with E-state index in [1.165, 1.54) is 13.0 Å². The molecule has 0 unspecified atom stereocenters. The smallest absolute Gasteiger partial charge is 0.339 e. The van der Waals surface area contributed by atoms with Crippen molar-refractivity contribution in [3.63, 3.8) is 0 Å². The molecule has 0 aliphatic carbocycles. The fourth-order valence-electron chi connectivity index (χ4n) is 0.986. The van der Waals surface area contributed by atoms with Gasteiger partial charge in [0.25, 0.3) is 0 Å². The molecule has 0 bridgehead atoms. The maximum Gasteiger partial charge on any atom is 0.339 e. The molecule has 0 saturated heterocycles. The molecule has 1 aromatic rings. The number of benzene rings is 1. The van der Waals surface area contributed by atoms with Crippen LogP contribution in [0, 0.1) is 12.7 Å². The Bertz CT molecular complexity index is 353. The molecule has 0 heterocycles. The predicted octanol–water partition coefficient (Wildman–Crippen LogP) is 2.18. The van der Waals surface area contributed by atoms with Crippen LogP contribution >= 0.6 is 15.9 Å². The lowest BCUT2D eigenvalue weighted by atomic mass is 10.1. The van der Waals surface area contributed by atoms with Crippen LogP contribution in [0.4, 0.5) is 10.1 Å². The van der Waals surface area contributed by atoms with Crippen molar-refractivity contribution < 1.29 is 14.3 Å². The highest BCUT2D eigenvalue weighted by Crippen LogP contribution is 2.28. The second-order valence-corrected chi connectivity index (χ2v) is 3.38. The van der Waals surface area contributed by atoms with Gasteiger partial charge in [0.1, 0.15) is 11.4 Å². The molecule has 3 nitrogen and oxygen atoms in total. The van der Waals surface area contributed by atoms with E-state index in [1.807, 2.05) is 0 Å². The van der Waals surface area contributed by atoms with Crippen molar-refractivity contribution in [2.24, 2.45) is 0 Å². The Morgan fingerprint density at radius 3 is 2.69 bits per heavy atom. The standard InChI is InChI=1S/C8H7BrFNO2/c1-3-2-4(11)6(9)5(7(3)10)8(12)13/h2H,11H2,1H3,(H,12,13). The molecule has 0 amide bonds. The number of anilines is 1. The van der Waals surface area contributed by atoms with E-state index in [0.29, 0.717) is 0 Å². The minimum atomic E-state index is -1.33. The Hall–Kier alpha value is -1.10. The molecular formula is C8H7BrFNO2. The molecule has 0 spiro atoms. The first-order valence-corrected chi connectivity index (χ1v) is 4.21. The van der Waals surface area contributed by atoms with E-state index < -0.39 is 17.3 Å². The third-order valence-corrected chi connectivity index (χ3v) is 2.48. The highest BCUT2D eigenvalue weighted by Gasteiger charge is 2.18. The van der Waals surface area contributed by atoms with Crippen LogP contribution in [0.25, 0.3) is 0 Å². The number of carboxylic acids is 1. The van der Waals surface area contributed by atoms with E-state index in [9.17, 15) is 9.18 Å². The first-order valence-electron chi connectivity index (χ1n) is 3.42. The number of rotatable bonds is 1. The fourth-order valence-corrected chi connectivity index (χ4v) is 1.44. The Kier molecular flexibility index (Phi) is 2.56. The summed E-state index contributed by atoms with van der Waals surface area (Å²) in [6.45, 7) is 1.46. The number of halogens is 2. The van der Waals surface area contributed by atoms with Gasteiger partial charge >= 0.3 is 5.97 Å². The van der Waals surface area contributed by atoms with Gasteiger partial charge in [0.2, 0.25) is 0 Å². The highest BCUT2D eigenvalue weighted by molar-refractivity contribution is 9.10. The van der Waals surface area contributed by atoms with E-state index in [0.717, 1.165) is 0 Å². The Morgan fingerprint density at radius 2 is 2.23 bits per heavy atom. The molecule has 0 aliphatic rings. The predicted molar refractivity (Wildman–Crippen MR) is 50.2 cm³/mol. The molecule has 70 valence electrons. The monoisotopic (exact) mass is 247 g/mol. The van der Waals surface area contributed by atoms with Gasteiger partial charge in [-0.1, -0.05) is 0 Å². The number of aryl methyl sites for hydroxylation is 1. The lowest BCUT2D eigenvalue weighted by Gasteiger charge is -2.06. The number of nitrogen functional groups attached to an aromatic ring is 1. The third-order valence-electron chi connectivity index (χ3n) is 1.62. The van der Waals surface area contributed by atoms with Crippen LogP contribution in [-0.4, -0.2) is 11.1 Å². The summed E-state index contributed by atoms with van der Waals surface area (Å²) in [5, 5.41) is 8.67. The van der Waals surface area contributed by atoms with E-state index in [-0.39, 0.29) is 15.7 Å². The van der Waals surface area contributed by atoms with E-state index in [1.54, 1.807) is 0 Å². The van der Waals surface area contributed by atoms with Gasteiger partial charge in [0, 0.05) is 5.69 Å². The lowest BCUT2D eigenvalue weighted by Crippen LogP contribution is -2.06. The Balaban J connectivity index is 3.56. The van der Waals surface area contributed by atoms with Crippen molar-refractivity contribution in [1.82, 2.24) is 0 Å². The lowest BCUT2D eigenvalue weighted by molar-refractivity contribution is 0.0690. The molecule has 0 aromatic heterocycles. The van der Waals surface area contributed by atoms with E-state index in [4.69, 9.17) is 10.8 Å². The van der Waals surface area contributed by atoms with Crippen molar-refractivity contribution >= 4 is 27.6 Å². The van der Waals surface area contributed by atoms with Gasteiger partial charge in [-0.2, -0.15) is 0 Å². The SMILES string of the molecule is Cc1cc(N)c(Br)c(C(=O)O)c1F. The van der Waals surface area contributed by atoms with Crippen molar-refractivity contribution in [2.75, 3.05) is 5.73 Å². The van der Waals surface area contributed by atoms with Crippen molar-refractivity contribution in [3.05, 3.63) is 27.5 Å². The van der Waals surface area contributed by atoms with Gasteiger partial charge < -0.3 is 10.8 Å². The van der Waals surface area contributed by atoms with Gasteiger partial charge in [-0.15, -0.1) is 0 Å². The molecule has 0 fully saturated rings. The van der Waals surface area contributed by atoms with Gasteiger partial charge in [-0.25, -0.2) is 9.18 Å². The summed E-state index contributed by atoms with van der Waals surface area (Å²) < 4.78 is 13.3. The average molecular weight is 248 g/mol. The number of nitrogens with two attached hydrogens (primary N) is 1. The first kappa shape index (κ1) is 9.98. The number of carboxylic acid groups (broad SMARTS) is 1. The third kappa shape index (κ3) is 1.65. The minimum absolute atomic E-state index is 0.0862. The normalized spacial score (nSPS) is 10.1. The van der Waals surface area contributed by atoms with Crippen LogP contribution in [0.3, 0.4) is 0 Å². The number of aromatic carboxylic acids is 1. The molecular weight excluding hydrogens is 241 g/mol. The first-order chi connectivity index (χ1) is 5.95. The number of hydrogen-bond acceptors (Lipinski definition) is 2. The fraction of sp³-hybridized carbons (Fsp3) is 0.125. The van der Waals surface area contributed by atoms with Crippen LogP contribution in [-0.2, 0) is 0 Å². The largest absolute Gasteiger partial charge is 0.478 e. The van der Waals surface area contributed by atoms with Gasteiger partial charge in [0.05, 0.1) is 4.47 Å². The second-order valence-electron chi connectivity index (χ2n) is 2.59. The molecule has 1 rings (SSSR count). The van der Waals surface area contributed by atoms with Crippen LogP contribution in [0.2, 0.25) is 0 Å². The molecule has 0 atom stereocenters. The molecule has 1 aromatic carbocycles. The molecule has 0 radical (unpaired) electrons. The quantitative estimate of drug-likeness (QED) is 0.748. The van der Waals surface area contributed by atoms with Crippen LogP contribution in [0.1, 0.15) is 15.9 Å². The summed E-state index contributed by atoms with van der Waals surface area (Å²) in [7, 11) is 0. The Labute approximate surface area is 82.5 Å². The zero-order valence-electron chi connectivity index (χ0n) is 6.77. The summed E-state index contributed by atoms with van der Waals surface area (Å²) in [5.74, 6) is -2.09. The van der Waals surface area contributed by atoms with E-state index >= 15 is 0 Å². The topological polar surface area (TPSA) is 63.3 Å². The highest BCUT2D eigenvalue weighted by atomic mass is 79.9. The van der Waals surface area contributed by atoms with Gasteiger partial charge in [-0.05, 0) is 34.5 Å². The minimum Gasteiger partial charge on any atom is -0.478 e. The average Bonchev–Trinajstić information content (AvgIpc) is 2.01. The van der Waals surface area contributed by atoms with Crippen LogP contribution in [0.5, 0.6) is 0 Å². The number of carbonyl (C=O) groups is 1. The second kappa shape index (κ2) is 3.33. The maximum absolute atomic E-state index is 13.2. The van der Waals surface area contributed by atoms with Crippen molar-refractivity contribution in [3.8, 4) is 0 Å². The molecule has 0 aliphatic heterocycles. The maximum atomic E-state index is 13.2. The van der Waals surface area contributed by atoms with Crippen molar-refractivity contribution in [2.45, 2.75) is 6.92 Å². The summed E-state index contributed by atoms with van der Waals surface area (Å²) in [4.78, 5) is 10.6. The summed E-state index contributed by atoms with van der Waals surface area (Å²) in [6, 6.07) is 1.38. The summed E-state index contributed by atoms with van der Waals surface area (Å²) in [6.07, 6.45) is 0. The van der Waals surface area contributed by atoms with Gasteiger partial charge in [0.15, 0.2) is 0 Å². The zero-order chi connectivity index (χ0) is 10.2.